The molecule has 31 heavy (non-hydrogen) atoms. The van der Waals surface area contributed by atoms with Crippen LogP contribution < -0.4 is 10.1 Å². The summed E-state index contributed by atoms with van der Waals surface area (Å²) in [5.74, 6) is 0.372. The van der Waals surface area contributed by atoms with Crippen molar-refractivity contribution in [3.05, 3.63) is 52.0 Å². The van der Waals surface area contributed by atoms with Crippen molar-refractivity contribution in [3.63, 3.8) is 0 Å². The lowest BCUT2D eigenvalue weighted by Crippen LogP contribution is -2.40. The molecule has 2 amide bonds. The second-order valence-electron chi connectivity index (χ2n) is 7.88. The molecule has 0 unspecified atom stereocenters. The van der Waals surface area contributed by atoms with E-state index in [0.29, 0.717) is 43.3 Å². The van der Waals surface area contributed by atoms with Crippen LogP contribution in [0.15, 0.2) is 30.3 Å². The first-order valence-corrected chi connectivity index (χ1v) is 11.2. The second-order valence-corrected chi connectivity index (χ2v) is 8.88. The Morgan fingerprint density at radius 2 is 1.97 bits per heavy atom. The van der Waals surface area contributed by atoms with Gasteiger partial charge in [0.15, 0.2) is 6.10 Å². The molecule has 0 aliphatic carbocycles. The van der Waals surface area contributed by atoms with Gasteiger partial charge in [0, 0.05) is 30.6 Å². The summed E-state index contributed by atoms with van der Waals surface area (Å²) in [6, 6.07) is 9.63. The van der Waals surface area contributed by atoms with Gasteiger partial charge in [0.25, 0.3) is 11.8 Å². The van der Waals surface area contributed by atoms with Crippen LogP contribution in [0, 0.1) is 13.8 Å². The molecule has 0 bridgehead atoms. The van der Waals surface area contributed by atoms with Crippen molar-refractivity contribution >= 4 is 39.1 Å². The number of hydrogen-bond acceptors (Lipinski definition) is 6. The average Bonchev–Trinajstić information content (AvgIpc) is 3.35. The van der Waals surface area contributed by atoms with Gasteiger partial charge in [0.2, 0.25) is 0 Å². The Bertz CT molecular complexity index is 1160. The molecule has 2 aliphatic rings. The van der Waals surface area contributed by atoms with Crippen molar-refractivity contribution in [2.24, 2.45) is 0 Å². The SMILES string of the molecule is Cc1cc(C)c2c(NC(=O)[C@H]3Cc4ccccc4O3)c(C(=O)N3CCOCC3)sc2n1. The molecule has 1 N–H and O–H groups in total. The van der Waals surface area contributed by atoms with E-state index in [2.05, 4.69) is 10.3 Å². The summed E-state index contributed by atoms with van der Waals surface area (Å²) in [6.07, 6.45) is -0.120. The fourth-order valence-corrected chi connectivity index (χ4v) is 5.37. The number of para-hydroxylation sites is 1. The van der Waals surface area contributed by atoms with E-state index in [1.165, 1.54) is 11.3 Å². The van der Waals surface area contributed by atoms with Crippen molar-refractivity contribution in [2.45, 2.75) is 26.4 Å². The number of aryl methyl sites for hydroxylation is 2. The Labute approximate surface area is 184 Å². The van der Waals surface area contributed by atoms with E-state index in [9.17, 15) is 9.59 Å². The van der Waals surface area contributed by atoms with Crippen LogP contribution >= 0.6 is 11.3 Å². The van der Waals surface area contributed by atoms with Crippen LogP contribution in [-0.2, 0) is 16.0 Å². The highest BCUT2D eigenvalue weighted by Gasteiger charge is 2.32. The van der Waals surface area contributed by atoms with Crippen LogP contribution in [0.4, 0.5) is 5.69 Å². The lowest BCUT2D eigenvalue weighted by molar-refractivity contribution is -0.122. The van der Waals surface area contributed by atoms with Gasteiger partial charge in [-0.1, -0.05) is 18.2 Å². The number of ether oxygens (including phenoxy) is 2. The third-order valence-corrected chi connectivity index (χ3v) is 6.74. The van der Waals surface area contributed by atoms with E-state index in [1.54, 1.807) is 4.90 Å². The zero-order chi connectivity index (χ0) is 21.5. The summed E-state index contributed by atoms with van der Waals surface area (Å²) < 4.78 is 11.2. The minimum atomic E-state index is -0.627. The molecule has 3 aromatic rings. The largest absolute Gasteiger partial charge is 0.480 e. The quantitative estimate of drug-likeness (QED) is 0.680. The van der Waals surface area contributed by atoms with E-state index >= 15 is 0 Å². The first-order chi connectivity index (χ1) is 15.0. The molecule has 1 fully saturated rings. The number of amides is 2. The molecule has 160 valence electrons. The standard InChI is InChI=1S/C23H23N3O4S/c1-13-11-14(2)24-22-18(13)19(20(31-22)23(28)26-7-9-29-10-8-26)25-21(27)17-12-15-5-3-4-6-16(15)30-17/h3-6,11,17H,7-10,12H2,1-2H3,(H,25,27)/t17-/m1/s1. The maximum absolute atomic E-state index is 13.3. The molecule has 0 radical (unpaired) electrons. The third-order valence-electron chi connectivity index (χ3n) is 5.67. The Hall–Kier alpha value is -2.97. The van der Waals surface area contributed by atoms with Crippen LogP contribution in [0.5, 0.6) is 5.75 Å². The number of benzene rings is 1. The van der Waals surface area contributed by atoms with Crippen LogP contribution in [0.25, 0.3) is 10.2 Å². The molecule has 0 spiro atoms. The molecule has 5 rings (SSSR count). The fourth-order valence-electron chi connectivity index (χ4n) is 4.15. The van der Waals surface area contributed by atoms with Crippen molar-refractivity contribution in [2.75, 3.05) is 31.6 Å². The Morgan fingerprint density at radius 1 is 1.19 bits per heavy atom. The van der Waals surface area contributed by atoms with Gasteiger partial charge in [-0.3, -0.25) is 9.59 Å². The first kappa shape index (κ1) is 20.0. The summed E-state index contributed by atoms with van der Waals surface area (Å²) in [5.41, 5.74) is 3.40. The molecule has 2 aliphatic heterocycles. The zero-order valence-electron chi connectivity index (χ0n) is 17.4. The Morgan fingerprint density at radius 3 is 2.74 bits per heavy atom. The molecule has 2 aromatic heterocycles. The van der Waals surface area contributed by atoms with E-state index in [4.69, 9.17) is 9.47 Å². The molecule has 8 heteroatoms. The molecule has 4 heterocycles. The smallest absolute Gasteiger partial charge is 0.266 e. The number of morpholine rings is 1. The van der Waals surface area contributed by atoms with Crippen molar-refractivity contribution in [1.29, 1.82) is 0 Å². The number of hydrogen-bond donors (Lipinski definition) is 1. The number of thiophene rings is 1. The number of nitrogens with zero attached hydrogens (tertiary/aromatic N) is 2. The van der Waals surface area contributed by atoms with Gasteiger partial charge in [-0.05, 0) is 37.1 Å². The van der Waals surface area contributed by atoms with E-state index in [-0.39, 0.29) is 11.8 Å². The van der Waals surface area contributed by atoms with Gasteiger partial charge < -0.3 is 19.7 Å². The van der Waals surface area contributed by atoms with E-state index < -0.39 is 6.10 Å². The highest BCUT2D eigenvalue weighted by Crippen LogP contribution is 2.39. The van der Waals surface area contributed by atoms with Gasteiger partial charge in [0.1, 0.15) is 15.5 Å². The maximum Gasteiger partial charge on any atom is 0.266 e. The fraction of sp³-hybridized carbons (Fsp3) is 0.348. The van der Waals surface area contributed by atoms with Crippen LogP contribution in [0.2, 0.25) is 0 Å². The number of nitrogens with one attached hydrogen (secondary N) is 1. The molecule has 1 saturated heterocycles. The average molecular weight is 438 g/mol. The second kappa shape index (κ2) is 7.94. The molecule has 7 nitrogen and oxygen atoms in total. The van der Waals surface area contributed by atoms with Gasteiger partial charge >= 0.3 is 0 Å². The highest BCUT2D eigenvalue weighted by atomic mass is 32.1. The van der Waals surface area contributed by atoms with E-state index in [0.717, 1.165) is 32.8 Å². The first-order valence-electron chi connectivity index (χ1n) is 10.3. The van der Waals surface area contributed by atoms with Crippen molar-refractivity contribution < 1.29 is 19.1 Å². The number of rotatable bonds is 3. The van der Waals surface area contributed by atoms with Crippen LogP contribution in [-0.4, -0.2) is 54.1 Å². The number of carbonyl (C=O) groups is 2. The summed E-state index contributed by atoms with van der Waals surface area (Å²) >= 11 is 1.33. The molecule has 1 aromatic carbocycles. The molecular formula is C23H23N3O4S. The monoisotopic (exact) mass is 437 g/mol. The predicted molar refractivity (Wildman–Crippen MR) is 119 cm³/mol. The van der Waals surface area contributed by atoms with Crippen molar-refractivity contribution in [1.82, 2.24) is 9.88 Å². The predicted octanol–water partition coefficient (Wildman–Crippen LogP) is 3.33. The topological polar surface area (TPSA) is 80.8 Å². The number of anilines is 1. The third kappa shape index (κ3) is 3.66. The normalized spacial score (nSPS) is 18.0. The molecule has 0 saturated carbocycles. The van der Waals surface area contributed by atoms with Gasteiger partial charge in [-0.15, -0.1) is 11.3 Å². The number of fused-ring (bicyclic) bond motifs is 2. The lowest BCUT2D eigenvalue weighted by atomic mass is 10.1. The zero-order valence-corrected chi connectivity index (χ0v) is 18.3. The minimum Gasteiger partial charge on any atom is -0.480 e. The summed E-state index contributed by atoms with van der Waals surface area (Å²) in [4.78, 5) is 34.1. The maximum atomic E-state index is 13.3. The van der Waals surface area contributed by atoms with E-state index in [1.807, 2.05) is 44.2 Å². The van der Waals surface area contributed by atoms with Gasteiger partial charge in [-0.2, -0.15) is 0 Å². The summed E-state index contributed by atoms with van der Waals surface area (Å²) in [7, 11) is 0. The van der Waals surface area contributed by atoms with Gasteiger partial charge in [0.05, 0.1) is 18.9 Å². The van der Waals surface area contributed by atoms with Gasteiger partial charge in [-0.25, -0.2) is 4.98 Å². The molecule has 1 atom stereocenters. The molecular weight excluding hydrogens is 414 g/mol. The lowest BCUT2D eigenvalue weighted by Gasteiger charge is -2.26. The number of aromatic nitrogens is 1. The van der Waals surface area contributed by atoms with Crippen LogP contribution in [0.1, 0.15) is 26.5 Å². The summed E-state index contributed by atoms with van der Waals surface area (Å²) in [6.45, 7) is 6.01. The number of pyridine rings is 1. The van der Waals surface area contributed by atoms with Crippen LogP contribution in [0.3, 0.4) is 0 Å². The summed E-state index contributed by atoms with van der Waals surface area (Å²) in [5, 5.41) is 3.83. The highest BCUT2D eigenvalue weighted by molar-refractivity contribution is 7.21. The Kier molecular flexibility index (Phi) is 5.11. The Balaban J connectivity index is 1.50. The number of carbonyl (C=O) groups excluding carboxylic acids is 2. The van der Waals surface area contributed by atoms with Crippen molar-refractivity contribution in [3.8, 4) is 5.75 Å². The minimum absolute atomic E-state index is 0.103.